The minimum atomic E-state index is -7.86. The summed E-state index contributed by atoms with van der Waals surface area (Å²) in [7, 11) is 0. The Bertz CT molecular complexity index is 475. The maximum Gasteiger partial charge on any atom is 0.460 e. The predicted molar refractivity (Wildman–Crippen MR) is 54.4 cm³/mol. The van der Waals surface area contributed by atoms with Crippen LogP contribution in [0.1, 0.15) is 19.3 Å². The molecule has 0 N–H and O–H groups in total. The number of alkyl halides is 13. The van der Waals surface area contributed by atoms with Gasteiger partial charge < -0.3 is 4.74 Å². The van der Waals surface area contributed by atoms with Crippen LogP contribution in [0.15, 0.2) is 0 Å². The van der Waals surface area contributed by atoms with E-state index in [0.29, 0.717) is 0 Å². The van der Waals surface area contributed by atoms with Gasteiger partial charge in [-0.1, -0.05) is 0 Å². The van der Waals surface area contributed by atoms with Gasteiger partial charge in [0.1, 0.15) is 6.10 Å². The summed E-state index contributed by atoms with van der Waals surface area (Å²) in [6.07, 6.45) is -11.7. The van der Waals surface area contributed by atoms with Crippen LogP contribution in [0.5, 0.6) is 0 Å². The Morgan fingerprint density at radius 1 is 0.560 bits per heavy atom. The lowest BCUT2D eigenvalue weighted by Crippen LogP contribution is -2.71. The highest BCUT2D eigenvalue weighted by atomic mass is 19.4. The van der Waals surface area contributed by atoms with Crippen LogP contribution in [-0.4, -0.2) is 48.5 Å². The largest absolute Gasteiger partial charge is 0.460 e. The monoisotopic (exact) mass is 404 g/mol. The van der Waals surface area contributed by atoms with Gasteiger partial charge in [-0.25, -0.2) is 0 Å². The van der Waals surface area contributed by atoms with Gasteiger partial charge in [0, 0.05) is 6.61 Å². The lowest BCUT2D eigenvalue weighted by atomic mass is 9.89. The average molecular weight is 404 g/mol. The number of ether oxygens (including phenoxy) is 1. The number of halogens is 13. The van der Waals surface area contributed by atoms with E-state index in [1.807, 2.05) is 0 Å². The van der Waals surface area contributed by atoms with Crippen LogP contribution in [0.3, 0.4) is 0 Å². The van der Waals surface area contributed by atoms with E-state index in [4.69, 9.17) is 0 Å². The zero-order valence-corrected chi connectivity index (χ0v) is 11.7. The van der Waals surface area contributed by atoms with E-state index < -0.39 is 54.9 Å². The van der Waals surface area contributed by atoms with E-state index in [0.717, 1.165) is 0 Å². The maximum atomic E-state index is 13.6. The topological polar surface area (TPSA) is 9.23 Å². The fraction of sp³-hybridized carbons (Fsp3) is 1.00. The molecule has 0 bridgehead atoms. The molecule has 0 aromatic carbocycles. The van der Waals surface area contributed by atoms with Gasteiger partial charge in [0.25, 0.3) is 0 Å². The Balaban J connectivity index is 3.37. The molecule has 0 aromatic rings. The molecule has 0 spiro atoms. The highest BCUT2D eigenvalue weighted by Crippen LogP contribution is 2.61. The summed E-state index contributed by atoms with van der Waals surface area (Å²) in [5.41, 5.74) is 0. The molecule has 1 saturated heterocycles. The summed E-state index contributed by atoms with van der Waals surface area (Å²) in [5.74, 6) is -36.7. The molecule has 0 saturated carbocycles. The molecule has 1 aliphatic rings. The quantitative estimate of drug-likeness (QED) is 0.566. The molecular formula is C11H9F13O. The molecule has 25 heavy (non-hydrogen) atoms. The fourth-order valence-electron chi connectivity index (χ4n) is 2.01. The summed E-state index contributed by atoms with van der Waals surface area (Å²) in [5, 5.41) is 0. The molecule has 1 fully saturated rings. The van der Waals surface area contributed by atoms with Gasteiger partial charge in [0.15, 0.2) is 0 Å². The van der Waals surface area contributed by atoms with E-state index in [-0.39, 0.29) is 12.8 Å². The first-order chi connectivity index (χ1) is 10.9. The van der Waals surface area contributed by atoms with Crippen LogP contribution in [0.2, 0.25) is 0 Å². The molecule has 0 aliphatic carbocycles. The summed E-state index contributed by atoms with van der Waals surface area (Å²) < 4.78 is 171. The number of hydrogen-bond donors (Lipinski definition) is 0. The summed E-state index contributed by atoms with van der Waals surface area (Å²) in [4.78, 5) is 0. The van der Waals surface area contributed by atoms with Gasteiger partial charge in [0.2, 0.25) is 0 Å². The summed E-state index contributed by atoms with van der Waals surface area (Å²) >= 11 is 0. The van der Waals surface area contributed by atoms with Crippen molar-refractivity contribution >= 4 is 0 Å². The van der Waals surface area contributed by atoms with Crippen molar-refractivity contribution < 1.29 is 61.8 Å². The van der Waals surface area contributed by atoms with Crippen LogP contribution in [0.25, 0.3) is 0 Å². The summed E-state index contributed by atoms with van der Waals surface area (Å²) in [6.45, 7) is -0.642. The normalized spacial score (nSPS) is 22.2. The van der Waals surface area contributed by atoms with E-state index >= 15 is 0 Å². The Morgan fingerprint density at radius 2 is 1.00 bits per heavy atom. The second-order valence-corrected chi connectivity index (χ2v) is 5.27. The first-order valence-electron chi connectivity index (χ1n) is 6.43. The van der Waals surface area contributed by atoms with E-state index in [9.17, 15) is 57.1 Å². The van der Waals surface area contributed by atoms with E-state index in [1.165, 1.54) is 0 Å². The molecule has 0 radical (unpaired) electrons. The Morgan fingerprint density at radius 3 is 1.36 bits per heavy atom. The Hall–Kier alpha value is -0.950. The maximum absolute atomic E-state index is 13.6. The third-order valence-corrected chi connectivity index (χ3v) is 3.54. The van der Waals surface area contributed by atoms with Gasteiger partial charge >= 0.3 is 35.8 Å². The number of rotatable bonds is 5. The van der Waals surface area contributed by atoms with Crippen molar-refractivity contribution in [1.29, 1.82) is 0 Å². The molecule has 1 heterocycles. The first-order valence-corrected chi connectivity index (χ1v) is 6.43. The standard InChI is InChI=1S/C11H9F13O/c12-6(13,5-3-1-2-4-25-5)7(14,15)8(16,17)9(18,19)10(20,21)11(22,23)24/h5H,1-4H2. The van der Waals surface area contributed by atoms with Crippen LogP contribution in [0.4, 0.5) is 57.1 Å². The fourth-order valence-corrected chi connectivity index (χ4v) is 2.01. The molecule has 1 unspecified atom stereocenters. The molecule has 1 rings (SSSR count). The molecular weight excluding hydrogens is 395 g/mol. The zero-order valence-electron chi connectivity index (χ0n) is 11.7. The van der Waals surface area contributed by atoms with Crippen LogP contribution < -0.4 is 0 Å². The van der Waals surface area contributed by atoms with Gasteiger partial charge in [-0.2, -0.15) is 57.1 Å². The van der Waals surface area contributed by atoms with Crippen molar-refractivity contribution in [3.63, 3.8) is 0 Å². The van der Waals surface area contributed by atoms with Gasteiger partial charge in [-0.05, 0) is 19.3 Å². The van der Waals surface area contributed by atoms with Gasteiger partial charge in [-0.15, -0.1) is 0 Å². The third-order valence-electron chi connectivity index (χ3n) is 3.54. The second kappa shape index (κ2) is 6.05. The molecule has 150 valence electrons. The van der Waals surface area contributed by atoms with Crippen LogP contribution in [-0.2, 0) is 4.74 Å². The lowest BCUT2D eigenvalue weighted by Gasteiger charge is -2.42. The highest BCUT2D eigenvalue weighted by molar-refractivity contribution is 5.11. The molecule has 14 heteroatoms. The van der Waals surface area contributed by atoms with Gasteiger partial charge in [0.05, 0.1) is 0 Å². The third kappa shape index (κ3) is 3.03. The van der Waals surface area contributed by atoms with Crippen LogP contribution in [0, 0.1) is 0 Å². The van der Waals surface area contributed by atoms with Crippen molar-refractivity contribution in [2.75, 3.05) is 6.61 Å². The van der Waals surface area contributed by atoms with Gasteiger partial charge in [-0.3, -0.25) is 0 Å². The Labute approximate surface area is 131 Å². The SMILES string of the molecule is FC(F)(F)C(F)(F)C(F)(F)C(F)(F)C(F)(F)C(F)(F)C1CCCCO1. The minimum Gasteiger partial charge on any atom is -0.372 e. The van der Waals surface area contributed by atoms with E-state index in [1.54, 1.807) is 0 Å². The minimum absolute atomic E-state index is 0.0385. The van der Waals surface area contributed by atoms with Crippen molar-refractivity contribution in [3.05, 3.63) is 0 Å². The molecule has 1 aliphatic heterocycles. The van der Waals surface area contributed by atoms with Crippen molar-refractivity contribution in [2.24, 2.45) is 0 Å². The zero-order chi connectivity index (χ0) is 20.1. The molecule has 1 atom stereocenters. The second-order valence-electron chi connectivity index (χ2n) is 5.27. The predicted octanol–water partition coefficient (Wildman–Crippen LogP) is 5.29. The average Bonchev–Trinajstić information content (AvgIpc) is 2.46. The first kappa shape index (κ1) is 22.1. The lowest BCUT2D eigenvalue weighted by molar-refractivity contribution is -0.445. The van der Waals surface area contributed by atoms with Crippen molar-refractivity contribution in [2.45, 2.75) is 61.2 Å². The Kier molecular flexibility index (Phi) is 5.34. The number of hydrogen-bond acceptors (Lipinski definition) is 1. The van der Waals surface area contributed by atoms with Crippen LogP contribution >= 0.6 is 0 Å². The molecule has 1 nitrogen and oxygen atoms in total. The van der Waals surface area contributed by atoms with Crippen molar-refractivity contribution in [1.82, 2.24) is 0 Å². The molecule has 0 amide bonds. The van der Waals surface area contributed by atoms with Crippen molar-refractivity contribution in [3.8, 4) is 0 Å². The molecule has 0 aromatic heterocycles. The van der Waals surface area contributed by atoms with E-state index in [2.05, 4.69) is 4.74 Å². The highest BCUT2D eigenvalue weighted by Gasteiger charge is 2.91. The summed E-state index contributed by atoms with van der Waals surface area (Å²) in [6, 6.07) is 0. The smallest absolute Gasteiger partial charge is 0.372 e.